The highest BCUT2D eigenvalue weighted by molar-refractivity contribution is 7.99. The molecule has 0 bridgehead atoms. The average Bonchev–Trinajstić information content (AvgIpc) is 2.74. The van der Waals surface area contributed by atoms with Crippen molar-refractivity contribution in [3.8, 4) is 0 Å². The molecule has 0 amide bonds. The Morgan fingerprint density at radius 3 is 2.53 bits per heavy atom. The summed E-state index contributed by atoms with van der Waals surface area (Å²) in [5, 5.41) is 2.03. The fraction of sp³-hybridized carbons (Fsp3) is 0.500. The molecule has 2 nitrogen and oxygen atoms in total. The predicted molar refractivity (Wildman–Crippen MR) is 86.6 cm³/mol. The van der Waals surface area contributed by atoms with Crippen molar-refractivity contribution in [2.24, 2.45) is 5.73 Å². The second-order valence-electron chi connectivity index (χ2n) is 5.57. The molecule has 0 atom stereocenters. The number of hydrogen-bond donors (Lipinski definition) is 1. The van der Waals surface area contributed by atoms with Gasteiger partial charge >= 0.3 is 0 Å². The van der Waals surface area contributed by atoms with E-state index >= 15 is 0 Å². The topological polar surface area (TPSA) is 30.9 Å². The third-order valence-corrected chi connectivity index (χ3v) is 4.49. The van der Waals surface area contributed by atoms with Crippen molar-refractivity contribution < 1.29 is 0 Å². The van der Waals surface area contributed by atoms with Crippen molar-refractivity contribution in [2.75, 3.05) is 0 Å². The second kappa shape index (κ2) is 6.02. The first-order valence-electron chi connectivity index (χ1n) is 6.97. The van der Waals surface area contributed by atoms with Gasteiger partial charge in [-0.15, -0.1) is 0 Å². The number of nitrogens with zero attached hydrogens (tertiary/aromatic N) is 1. The summed E-state index contributed by atoms with van der Waals surface area (Å²) in [4.78, 5) is 0. The van der Waals surface area contributed by atoms with Crippen LogP contribution in [0.25, 0.3) is 10.9 Å². The summed E-state index contributed by atoms with van der Waals surface area (Å²) in [5.74, 6) is 1.07. The van der Waals surface area contributed by atoms with Gasteiger partial charge in [0.05, 0.1) is 0 Å². The molecule has 3 heteroatoms. The Morgan fingerprint density at radius 2 is 1.95 bits per heavy atom. The Hall–Kier alpha value is -0.930. The zero-order chi connectivity index (χ0) is 14.0. The molecule has 2 rings (SSSR count). The predicted octanol–water partition coefficient (Wildman–Crippen LogP) is 4.32. The number of hydrogen-bond acceptors (Lipinski definition) is 2. The van der Waals surface area contributed by atoms with Crippen LogP contribution in [0, 0.1) is 0 Å². The summed E-state index contributed by atoms with van der Waals surface area (Å²) in [6.07, 6.45) is 2.31. The van der Waals surface area contributed by atoms with Gasteiger partial charge in [0.1, 0.15) is 0 Å². The Bertz CT molecular complexity index is 555. The Morgan fingerprint density at radius 1 is 1.21 bits per heavy atom. The molecule has 0 spiro atoms. The van der Waals surface area contributed by atoms with Crippen molar-refractivity contribution >= 4 is 22.7 Å². The van der Waals surface area contributed by atoms with Gasteiger partial charge in [-0.05, 0) is 42.4 Å². The first kappa shape index (κ1) is 14.5. The molecule has 0 aliphatic carbocycles. The van der Waals surface area contributed by atoms with Crippen LogP contribution in [0.5, 0.6) is 0 Å². The van der Waals surface area contributed by atoms with Crippen LogP contribution in [0.15, 0.2) is 24.4 Å². The maximum atomic E-state index is 5.77. The average molecular weight is 276 g/mol. The molecule has 1 aromatic heterocycles. The van der Waals surface area contributed by atoms with Crippen LogP contribution in [0.4, 0.5) is 0 Å². The third kappa shape index (κ3) is 3.15. The van der Waals surface area contributed by atoms with Crippen LogP contribution in [0.1, 0.15) is 44.9 Å². The van der Waals surface area contributed by atoms with Crippen LogP contribution in [-0.4, -0.2) is 9.82 Å². The maximum absolute atomic E-state index is 5.77. The van der Waals surface area contributed by atoms with Gasteiger partial charge < -0.3 is 10.3 Å². The number of fused-ring (bicyclic) bond motifs is 1. The number of benzene rings is 1. The smallest absolute Gasteiger partial charge is 0.0486 e. The van der Waals surface area contributed by atoms with Gasteiger partial charge in [-0.3, -0.25) is 0 Å². The van der Waals surface area contributed by atoms with Crippen molar-refractivity contribution in [1.29, 1.82) is 0 Å². The van der Waals surface area contributed by atoms with Crippen molar-refractivity contribution in [1.82, 2.24) is 4.57 Å². The number of nitrogens with two attached hydrogens (primary N) is 1. The van der Waals surface area contributed by atoms with E-state index in [2.05, 4.69) is 56.7 Å². The molecule has 1 aromatic carbocycles. The lowest BCUT2D eigenvalue weighted by molar-refractivity contribution is 0.621. The summed E-state index contributed by atoms with van der Waals surface area (Å²) in [6.45, 7) is 9.57. The molecule has 0 aliphatic rings. The van der Waals surface area contributed by atoms with E-state index in [0.717, 1.165) is 5.75 Å². The molecule has 2 aromatic rings. The molecule has 0 saturated heterocycles. The van der Waals surface area contributed by atoms with Gasteiger partial charge in [0.25, 0.3) is 0 Å². The van der Waals surface area contributed by atoms with Gasteiger partial charge in [0.15, 0.2) is 0 Å². The van der Waals surface area contributed by atoms with Gasteiger partial charge in [0, 0.05) is 35.4 Å². The molecule has 104 valence electrons. The maximum Gasteiger partial charge on any atom is 0.0486 e. The molecule has 19 heavy (non-hydrogen) atoms. The van der Waals surface area contributed by atoms with Crippen molar-refractivity contribution in [2.45, 2.75) is 51.3 Å². The van der Waals surface area contributed by atoms with Gasteiger partial charge in [-0.25, -0.2) is 0 Å². The zero-order valence-electron chi connectivity index (χ0n) is 12.3. The fourth-order valence-electron chi connectivity index (χ4n) is 2.30. The molecule has 1 heterocycles. The summed E-state index contributed by atoms with van der Waals surface area (Å²) in [6, 6.07) is 7.09. The fourth-order valence-corrected chi connectivity index (χ4v) is 3.04. The molecule has 0 saturated carbocycles. The van der Waals surface area contributed by atoms with Crippen molar-refractivity contribution in [3.63, 3.8) is 0 Å². The van der Waals surface area contributed by atoms with E-state index in [-0.39, 0.29) is 0 Å². The highest BCUT2D eigenvalue weighted by Gasteiger charge is 2.11. The minimum absolute atomic E-state index is 0.490. The van der Waals surface area contributed by atoms with Crippen LogP contribution >= 0.6 is 11.8 Å². The monoisotopic (exact) mass is 276 g/mol. The van der Waals surface area contributed by atoms with E-state index in [4.69, 9.17) is 5.73 Å². The SMILES string of the molecule is CC(C)SCc1cn(C(C)C)c2ccc(CN)cc12. The molecule has 0 radical (unpaired) electrons. The molecule has 0 fully saturated rings. The number of aromatic nitrogens is 1. The second-order valence-corrected chi connectivity index (χ2v) is 7.14. The summed E-state index contributed by atoms with van der Waals surface area (Å²) >= 11 is 1.99. The van der Waals surface area contributed by atoms with Gasteiger partial charge in [-0.2, -0.15) is 11.8 Å². The van der Waals surface area contributed by atoms with E-state index in [9.17, 15) is 0 Å². The van der Waals surface area contributed by atoms with Crippen LogP contribution in [0.3, 0.4) is 0 Å². The first-order valence-corrected chi connectivity index (χ1v) is 8.01. The lowest BCUT2D eigenvalue weighted by Crippen LogP contribution is -1.99. The van der Waals surface area contributed by atoms with Gasteiger partial charge in [-0.1, -0.05) is 19.9 Å². The molecule has 0 aliphatic heterocycles. The summed E-state index contributed by atoms with van der Waals surface area (Å²) in [5.41, 5.74) is 9.73. The lowest BCUT2D eigenvalue weighted by atomic mass is 10.1. The lowest BCUT2D eigenvalue weighted by Gasteiger charge is -2.09. The first-order chi connectivity index (χ1) is 9.02. The minimum Gasteiger partial charge on any atom is -0.345 e. The van der Waals surface area contributed by atoms with Gasteiger partial charge in [0.2, 0.25) is 0 Å². The number of rotatable bonds is 5. The zero-order valence-corrected chi connectivity index (χ0v) is 13.1. The minimum atomic E-state index is 0.490. The van der Waals surface area contributed by atoms with E-state index < -0.39 is 0 Å². The molecule has 0 unspecified atom stereocenters. The standard InChI is InChI=1S/C16H24N2S/c1-11(2)18-9-14(10-19-12(3)4)15-7-13(8-17)5-6-16(15)18/h5-7,9,11-12H,8,10,17H2,1-4H3. The van der Waals surface area contributed by atoms with E-state index in [1.165, 1.54) is 22.0 Å². The quantitative estimate of drug-likeness (QED) is 0.881. The van der Waals surface area contributed by atoms with Crippen molar-refractivity contribution in [3.05, 3.63) is 35.5 Å². The largest absolute Gasteiger partial charge is 0.345 e. The highest BCUT2D eigenvalue weighted by Crippen LogP contribution is 2.29. The summed E-state index contributed by atoms with van der Waals surface area (Å²) < 4.78 is 2.37. The molecule has 2 N–H and O–H groups in total. The normalized spacial score (nSPS) is 11.9. The van der Waals surface area contributed by atoms with E-state index in [1.54, 1.807) is 0 Å². The molecular weight excluding hydrogens is 252 g/mol. The van der Waals surface area contributed by atoms with Crippen LogP contribution < -0.4 is 5.73 Å². The summed E-state index contributed by atoms with van der Waals surface area (Å²) in [7, 11) is 0. The van der Waals surface area contributed by atoms with E-state index in [1.807, 2.05) is 11.8 Å². The Balaban J connectivity index is 2.48. The van der Waals surface area contributed by atoms with Crippen LogP contribution in [0.2, 0.25) is 0 Å². The highest BCUT2D eigenvalue weighted by atomic mass is 32.2. The number of thioether (sulfide) groups is 1. The van der Waals surface area contributed by atoms with E-state index in [0.29, 0.717) is 17.8 Å². The van der Waals surface area contributed by atoms with Crippen LogP contribution in [-0.2, 0) is 12.3 Å². The molecular formula is C16H24N2S. The third-order valence-electron chi connectivity index (χ3n) is 3.34. The Kier molecular flexibility index (Phi) is 4.58. The Labute approximate surface area is 120 Å².